The van der Waals surface area contributed by atoms with Crippen LogP contribution in [0.2, 0.25) is 0 Å². The molecule has 7 nitrogen and oxygen atoms in total. The fourth-order valence-electron chi connectivity index (χ4n) is 1.20. The first-order valence-electron chi connectivity index (χ1n) is 6.03. The normalized spacial score (nSPS) is 12.4. The lowest BCUT2D eigenvalue weighted by molar-refractivity contribution is -0.144. The van der Waals surface area contributed by atoms with E-state index in [0.717, 1.165) is 0 Å². The van der Waals surface area contributed by atoms with Gasteiger partial charge in [-0.15, -0.1) is 0 Å². The van der Waals surface area contributed by atoms with Crippen LogP contribution in [0.15, 0.2) is 0 Å². The number of rotatable bonds is 6. The van der Waals surface area contributed by atoms with Crippen molar-refractivity contribution < 1.29 is 29.0 Å². The maximum atomic E-state index is 11.4. The van der Waals surface area contributed by atoms with Gasteiger partial charge in [0.25, 0.3) is 0 Å². The molecule has 0 saturated heterocycles. The third-order valence-corrected chi connectivity index (χ3v) is 1.93. The molecule has 0 aromatic carbocycles. The summed E-state index contributed by atoms with van der Waals surface area (Å²) in [5.41, 5.74) is -0.714. The van der Waals surface area contributed by atoms with Gasteiger partial charge in [0.15, 0.2) is 0 Å². The van der Waals surface area contributed by atoms with Crippen LogP contribution in [0, 0.1) is 0 Å². The molecule has 0 fully saturated rings. The topological polar surface area (TPSA) is 102 Å². The van der Waals surface area contributed by atoms with E-state index in [4.69, 9.17) is 9.84 Å². The average molecular weight is 275 g/mol. The standard InChI is InChI=1S/C12H21NO6/c1-5-18-9(14)7-6-8(10(15)16)13-11(17)19-12(2,3)4/h8H,5-7H2,1-4H3,(H,13,17)(H,15,16)/t8-/m0/s1. The predicted molar refractivity (Wildman–Crippen MR) is 66.7 cm³/mol. The second kappa shape index (κ2) is 7.60. The summed E-state index contributed by atoms with van der Waals surface area (Å²) < 4.78 is 9.62. The van der Waals surface area contributed by atoms with Gasteiger partial charge in [0.1, 0.15) is 11.6 Å². The van der Waals surface area contributed by atoms with Crippen LogP contribution in [0.25, 0.3) is 0 Å². The van der Waals surface area contributed by atoms with E-state index in [1.165, 1.54) is 0 Å². The van der Waals surface area contributed by atoms with E-state index in [2.05, 4.69) is 10.1 Å². The molecule has 0 aliphatic heterocycles. The fourth-order valence-corrected chi connectivity index (χ4v) is 1.20. The maximum absolute atomic E-state index is 11.4. The van der Waals surface area contributed by atoms with Crippen LogP contribution in [0.5, 0.6) is 0 Å². The third-order valence-electron chi connectivity index (χ3n) is 1.93. The van der Waals surface area contributed by atoms with Crippen molar-refractivity contribution in [2.24, 2.45) is 0 Å². The molecule has 1 atom stereocenters. The molecule has 0 unspecified atom stereocenters. The van der Waals surface area contributed by atoms with Crippen molar-refractivity contribution in [2.75, 3.05) is 6.61 Å². The van der Waals surface area contributed by atoms with E-state index < -0.39 is 29.7 Å². The number of carboxylic acid groups (broad SMARTS) is 1. The monoisotopic (exact) mass is 275 g/mol. The van der Waals surface area contributed by atoms with E-state index in [1.807, 2.05) is 0 Å². The molecule has 0 aliphatic rings. The third kappa shape index (κ3) is 8.87. The minimum absolute atomic E-state index is 0.0482. The summed E-state index contributed by atoms with van der Waals surface area (Å²) in [6.45, 7) is 6.89. The number of carbonyl (C=O) groups is 3. The summed E-state index contributed by atoms with van der Waals surface area (Å²) >= 11 is 0. The molecule has 19 heavy (non-hydrogen) atoms. The molecule has 0 heterocycles. The van der Waals surface area contributed by atoms with Crippen molar-refractivity contribution >= 4 is 18.0 Å². The van der Waals surface area contributed by atoms with Crippen molar-refractivity contribution in [2.45, 2.75) is 52.2 Å². The van der Waals surface area contributed by atoms with E-state index in [-0.39, 0.29) is 19.4 Å². The molecule has 0 spiro atoms. The highest BCUT2D eigenvalue weighted by atomic mass is 16.6. The highest BCUT2D eigenvalue weighted by molar-refractivity contribution is 5.80. The van der Waals surface area contributed by atoms with Gasteiger partial charge in [-0.05, 0) is 34.1 Å². The molecular formula is C12H21NO6. The lowest BCUT2D eigenvalue weighted by atomic mass is 10.1. The number of ether oxygens (including phenoxy) is 2. The van der Waals surface area contributed by atoms with Gasteiger partial charge in [-0.1, -0.05) is 0 Å². The van der Waals surface area contributed by atoms with Gasteiger partial charge in [-0.3, -0.25) is 4.79 Å². The van der Waals surface area contributed by atoms with Gasteiger partial charge in [-0.2, -0.15) is 0 Å². The van der Waals surface area contributed by atoms with Gasteiger partial charge in [0.05, 0.1) is 6.61 Å². The van der Waals surface area contributed by atoms with E-state index >= 15 is 0 Å². The minimum Gasteiger partial charge on any atom is -0.480 e. The van der Waals surface area contributed by atoms with Crippen molar-refractivity contribution in [3.63, 3.8) is 0 Å². The second-order valence-electron chi connectivity index (χ2n) is 4.88. The Kier molecular flexibility index (Phi) is 6.89. The molecular weight excluding hydrogens is 254 g/mol. The maximum Gasteiger partial charge on any atom is 0.408 e. The molecule has 1 amide bonds. The molecule has 0 bridgehead atoms. The second-order valence-corrected chi connectivity index (χ2v) is 4.88. The number of amides is 1. The first kappa shape index (κ1) is 17.2. The number of hydrogen-bond acceptors (Lipinski definition) is 5. The summed E-state index contributed by atoms with van der Waals surface area (Å²) in [7, 11) is 0. The van der Waals surface area contributed by atoms with E-state index in [9.17, 15) is 14.4 Å². The van der Waals surface area contributed by atoms with Gasteiger partial charge in [-0.25, -0.2) is 9.59 Å². The molecule has 0 aliphatic carbocycles. The Hall–Kier alpha value is -1.79. The molecule has 0 radical (unpaired) electrons. The predicted octanol–water partition coefficient (Wildman–Crippen LogP) is 1.31. The minimum atomic E-state index is -1.23. The molecule has 0 saturated carbocycles. The highest BCUT2D eigenvalue weighted by Gasteiger charge is 2.24. The quantitative estimate of drug-likeness (QED) is 0.708. The molecule has 7 heteroatoms. The van der Waals surface area contributed by atoms with Crippen LogP contribution < -0.4 is 5.32 Å². The number of aliphatic carboxylic acids is 1. The zero-order valence-electron chi connectivity index (χ0n) is 11.7. The lowest BCUT2D eigenvalue weighted by Gasteiger charge is -2.21. The number of nitrogens with one attached hydrogen (secondary N) is 1. The van der Waals surface area contributed by atoms with Crippen molar-refractivity contribution in [1.82, 2.24) is 5.32 Å². The van der Waals surface area contributed by atoms with Gasteiger partial charge < -0.3 is 19.9 Å². The first-order chi connectivity index (χ1) is 8.65. The summed E-state index contributed by atoms with van der Waals surface area (Å²) in [6.07, 6.45) is -0.961. The summed E-state index contributed by atoms with van der Waals surface area (Å²) in [6, 6.07) is -1.18. The summed E-state index contributed by atoms with van der Waals surface area (Å²) in [5.74, 6) is -1.73. The fraction of sp³-hybridized carbons (Fsp3) is 0.750. The summed E-state index contributed by atoms with van der Waals surface area (Å²) in [5, 5.41) is 11.1. The zero-order chi connectivity index (χ0) is 15.1. The van der Waals surface area contributed by atoms with E-state index in [0.29, 0.717) is 0 Å². The number of alkyl carbamates (subject to hydrolysis) is 1. The highest BCUT2D eigenvalue weighted by Crippen LogP contribution is 2.08. The van der Waals surface area contributed by atoms with Crippen LogP contribution in [0.3, 0.4) is 0 Å². The smallest absolute Gasteiger partial charge is 0.408 e. The Labute approximate surface area is 112 Å². The van der Waals surface area contributed by atoms with Crippen LogP contribution >= 0.6 is 0 Å². The van der Waals surface area contributed by atoms with Crippen LogP contribution in [-0.2, 0) is 19.1 Å². The largest absolute Gasteiger partial charge is 0.480 e. The number of esters is 1. The molecule has 0 aromatic heterocycles. The lowest BCUT2D eigenvalue weighted by Crippen LogP contribution is -2.43. The van der Waals surface area contributed by atoms with Crippen molar-refractivity contribution in [3.8, 4) is 0 Å². The Bertz CT molecular complexity index is 334. The van der Waals surface area contributed by atoms with Gasteiger partial charge in [0, 0.05) is 6.42 Å². The number of hydrogen-bond donors (Lipinski definition) is 2. The number of carboxylic acids is 1. The van der Waals surface area contributed by atoms with Crippen molar-refractivity contribution in [3.05, 3.63) is 0 Å². The van der Waals surface area contributed by atoms with Crippen molar-refractivity contribution in [1.29, 1.82) is 0 Å². The molecule has 0 aromatic rings. The van der Waals surface area contributed by atoms with Crippen LogP contribution in [-0.4, -0.2) is 41.4 Å². The van der Waals surface area contributed by atoms with Crippen LogP contribution in [0.4, 0.5) is 4.79 Å². The molecule has 110 valence electrons. The Morgan fingerprint density at radius 3 is 2.26 bits per heavy atom. The SMILES string of the molecule is CCOC(=O)CC[C@H](NC(=O)OC(C)(C)C)C(=O)O. The summed E-state index contributed by atoms with van der Waals surface area (Å²) in [4.78, 5) is 33.5. The Morgan fingerprint density at radius 2 is 1.84 bits per heavy atom. The van der Waals surface area contributed by atoms with Gasteiger partial charge in [0.2, 0.25) is 0 Å². The molecule has 2 N–H and O–H groups in total. The Morgan fingerprint density at radius 1 is 1.26 bits per heavy atom. The van der Waals surface area contributed by atoms with E-state index in [1.54, 1.807) is 27.7 Å². The van der Waals surface area contributed by atoms with Crippen LogP contribution in [0.1, 0.15) is 40.5 Å². The number of carbonyl (C=O) groups excluding carboxylic acids is 2. The zero-order valence-corrected chi connectivity index (χ0v) is 11.7. The first-order valence-corrected chi connectivity index (χ1v) is 6.03. The molecule has 0 rings (SSSR count). The van der Waals surface area contributed by atoms with Gasteiger partial charge >= 0.3 is 18.0 Å². The Balaban J connectivity index is 4.31. The average Bonchev–Trinajstić information content (AvgIpc) is 2.21.